The van der Waals surface area contributed by atoms with Gasteiger partial charge in [0.2, 0.25) is 0 Å². The monoisotopic (exact) mass is 335 g/mol. The third-order valence-corrected chi connectivity index (χ3v) is 4.50. The Kier molecular flexibility index (Phi) is 4.27. The number of carbonyl (C=O) groups excluding carboxylic acids is 1. The van der Waals surface area contributed by atoms with Crippen LogP contribution in [0.5, 0.6) is 0 Å². The molecule has 0 aromatic heterocycles. The molecule has 1 aromatic carbocycles. The van der Waals surface area contributed by atoms with Gasteiger partial charge in [-0.2, -0.15) is 11.8 Å². The normalized spacial score (nSPS) is 20.0. The lowest BCUT2D eigenvalue weighted by molar-refractivity contribution is 0.0706. The second-order valence-electron chi connectivity index (χ2n) is 4.17. The molecular weight excluding hydrogens is 324 g/mol. The molecule has 1 saturated heterocycles. The molecule has 1 atom stereocenters. The van der Waals surface area contributed by atoms with E-state index in [0.29, 0.717) is 6.54 Å². The molecule has 18 heavy (non-hydrogen) atoms. The zero-order chi connectivity index (χ0) is 13.3. The number of halogens is 3. The van der Waals surface area contributed by atoms with Gasteiger partial charge in [-0.05, 0) is 19.1 Å². The van der Waals surface area contributed by atoms with Gasteiger partial charge >= 0.3 is 0 Å². The minimum Gasteiger partial charge on any atom is -0.334 e. The Bertz CT molecular complexity index is 460. The van der Waals surface area contributed by atoms with E-state index in [1.807, 2.05) is 6.92 Å². The highest BCUT2D eigenvalue weighted by atomic mass is 79.9. The number of hydrogen-bond donors (Lipinski definition) is 0. The second-order valence-corrected chi connectivity index (χ2v) is 6.23. The van der Waals surface area contributed by atoms with Gasteiger partial charge in [-0.25, -0.2) is 8.78 Å². The predicted molar refractivity (Wildman–Crippen MR) is 71.9 cm³/mol. The van der Waals surface area contributed by atoms with Gasteiger partial charge in [0.25, 0.3) is 5.91 Å². The van der Waals surface area contributed by atoms with Crippen LogP contribution >= 0.6 is 27.7 Å². The fraction of sp³-hybridized carbons (Fsp3) is 0.417. The molecule has 0 N–H and O–H groups in total. The smallest absolute Gasteiger partial charge is 0.260 e. The summed E-state index contributed by atoms with van der Waals surface area (Å²) >= 11 is 4.74. The average molecular weight is 336 g/mol. The number of nitrogens with zero attached hydrogens (tertiary/aromatic N) is 1. The summed E-state index contributed by atoms with van der Waals surface area (Å²) in [5.41, 5.74) is -0.461. The maximum absolute atomic E-state index is 13.7. The lowest BCUT2D eigenvalue weighted by atomic mass is 10.1. The van der Waals surface area contributed by atoms with Crippen LogP contribution in [0, 0.1) is 11.6 Å². The minimum atomic E-state index is -0.822. The number of carbonyl (C=O) groups is 1. The summed E-state index contributed by atoms with van der Waals surface area (Å²) in [6.07, 6.45) is 0. The first-order chi connectivity index (χ1) is 8.50. The van der Waals surface area contributed by atoms with Crippen LogP contribution in [0.15, 0.2) is 16.6 Å². The molecule has 6 heteroatoms. The van der Waals surface area contributed by atoms with E-state index in [2.05, 4.69) is 15.9 Å². The first-order valence-electron chi connectivity index (χ1n) is 5.54. The van der Waals surface area contributed by atoms with E-state index in [1.54, 1.807) is 11.8 Å². The van der Waals surface area contributed by atoms with Crippen LogP contribution in [0.1, 0.15) is 17.3 Å². The Balaban J connectivity index is 2.33. The number of amides is 1. The summed E-state index contributed by atoms with van der Waals surface area (Å²) in [5, 5.41) is 0. The van der Waals surface area contributed by atoms with E-state index in [1.165, 1.54) is 4.90 Å². The summed E-state index contributed by atoms with van der Waals surface area (Å²) in [6.45, 7) is 2.42. The molecule has 1 heterocycles. The van der Waals surface area contributed by atoms with E-state index in [4.69, 9.17) is 0 Å². The van der Waals surface area contributed by atoms with Crippen LogP contribution in [0.4, 0.5) is 8.78 Å². The van der Waals surface area contributed by atoms with E-state index >= 15 is 0 Å². The standard InChI is InChI=1S/C12H12BrF2NOS/c1-7-6-18-3-2-16(7)12(17)11-9(14)4-8(13)5-10(11)15/h4-5,7H,2-3,6H2,1H3. The molecule has 1 amide bonds. The Morgan fingerprint density at radius 1 is 1.44 bits per heavy atom. The van der Waals surface area contributed by atoms with Crippen LogP contribution in [-0.4, -0.2) is 34.9 Å². The second kappa shape index (κ2) is 5.57. The highest BCUT2D eigenvalue weighted by molar-refractivity contribution is 9.10. The van der Waals surface area contributed by atoms with Gasteiger partial charge in [0.15, 0.2) is 0 Å². The van der Waals surface area contributed by atoms with Gasteiger partial charge in [-0.3, -0.25) is 4.79 Å². The molecule has 1 aliphatic rings. The molecule has 0 radical (unpaired) electrons. The Labute approximate surface area is 117 Å². The first-order valence-corrected chi connectivity index (χ1v) is 7.48. The molecule has 0 aliphatic carbocycles. The van der Waals surface area contributed by atoms with Crippen LogP contribution in [-0.2, 0) is 0 Å². The lowest BCUT2D eigenvalue weighted by Gasteiger charge is -2.33. The van der Waals surface area contributed by atoms with E-state index in [9.17, 15) is 13.6 Å². The zero-order valence-electron chi connectivity index (χ0n) is 9.75. The molecular formula is C12H12BrF2NOS. The van der Waals surface area contributed by atoms with Gasteiger partial charge in [-0.15, -0.1) is 0 Å². The van der Waals surface area contributed by atoms with E-state index < -0.39 is 23.1 Å². The topological polar surface area (TPSA) is 20.3 Å². The molecule has 98 valence electrons. The van der Waals surface area contributed by atoms with Crippen molar-refractivity contribution in [3.63, 3.8) is 0 Å². The molecule has 0 saturated carbocycles. The van der Waals surface area contributed by atoms with Gasteiger partial charge in [0.1, 0.15) is 17.2 Å². The van der Waals surface area contributed by atoms with Gasteiger partial charge in [0.05, 0.1) is 0 Å². The van der Waals surface area contributed by atoms with Crippen molar-refractivity contribution in [1.29, 1.82) is 0 Å². The van der Waals surface area contributed by atoms with Crippen LogP contribution in [0.3, 0.4) is 0 Å². The Morgan fingerprint density at radius 2 is 2.06 bits per heavy atom. The summed E-state index contributed by atoms with van der Waals surface area (Å²) in [4.78, 5) is 13.7. The molecule has 0 bridgehead atoms. The van der Waals surface area contributed by atoms with Crippen molar-refractivity contribution in [3.8, 4) is 0 Å². The van der Waals surface area contributed by atoms with Crippen molar-refractivity contribution in [2.24, 2.45) is 0 Å². The molecule has 1 unspecified atom stereocenters. The number of rotatable bonds is 1. The quantitative estimate of drug-likeness (QED) is 0.784. The lowest BCUT2D eigenvalue weighted by Crippen LogP contribution is -2.45. The third-order valence-electron chi connectivity index (χ3n) is 2.85. The van der Waals surface area contributed by atoms with Crippen LogP contribution in [0.2, 0.25) is 0 Å². The SMILES string of the molecule is CC1CSCCN1C(=O)c1c(F)cc(Br)cc1F. The van der Waals surface area contributed by atoms with Gasteiger partial charge < -0.3 is 4.90 Å². The Hall–Kier alpha value is -0.620. The summed E-state index contributed by atoms with van der Waals surface area (Å²) in [6, 6.07) is 2.22. The van der Waals surface area contributed by atoms with E-state index in [-0.39, 0.29) is 10.5 Å². The maximum atomic E-state index is 13.7. The molecule has 0 spiro atoms. The third kappa shape index (κ3) is 2.69. The minimum absolute atomic E-state index is 0.00121. The Morgan fingerprint density at radius 3 is 2.61 bits per heavy atom. The number of benzene rings is 1. The fourth-order valence-electron chi connectivity index (χ4n) is 1.92. The van der Waals surface area contributed by atoms with Crippen LogP contribution < -0.4 is 0 Å². The van der Waals surface area contributed by atoms with Crippen molar-refractivity contribution >= 4 is 33.6 Å². The molecule has 2 rings (SSSR count). The zero-order valence-corrected chi connectivity index (χ0v) is 12.2. The number of hydrogen-bond acceptors (Lipinski definition) is 2. The van der Waals surface area contributed by atoms with Crippen LogP contribution in [0.25, 0.3) is 0 Å². The fourth-order valence-corrected chi connectivity index (χ4v) is 3.33. The van der Waals surface area contributed by atoms with Crippen molar-refractivity contribution < 1.29 is 13.6 Å². The molecule has 1 aliphatic heterocycles. The molecule has 1 aromatic rings. The highest BCUT2D eigenvalue weighted by Crippen LogP contribution is 2.24. The summed E-state index contributed by atoms with van der Waals surface area (Å²) in [5.74, 6) is -0.610. The van der Waals surface area contributed by atoms with Crippen molar-refractivity contribution in [2.75, 3.05) is 18.1 Å². The molecule has 2 nitrogen and oxygen atoms in total. The molecule has 1 fully saturated rings. The van der Waals surface area contributed by atoms with Crippen molar-refractivity contribution in [1.82, 2.24) is 4.90 Å². The number of thioether (sulfide) groups is 1. The summed E-state index contributed by atoms with van der Waals surface area (Å²) < 4.78 is 27.7. The van der Waals surface area contributed by atoms with Gasteiger partial charge in [0, 0.05) is 28.6 Å². The first kappa shape index (κ1) is 13.8. The maximum Gasteiger partial charge on any atom is 0.260 e. The van der Waals surface area contributed by atoms with Crippen molar-refractivity contribution in [2.45, 2.75) is 13.0 Å². The largest absolute Gasteiger partial charge is 0.334 e. The summed E-state index contributed by atoms with van der Waals surface area (Å²) in [7, 11) is 0. The van der Waals surface area contributed by atoms with Crippen molar-refractivity contribution in [3.05, 3.63) is 33.8 Å². The highest BCUT2D eigenvalue weighted by Gasteiger charge is 2.28. The van der Waals surface area contributed by atoms with Gasteiger partial charge in [-0.1, -0.05) is 15.9 Å². The average Bonchev–Trinajstić information content (AvgIpc) is 2.27. The van der Waals surface area contributed by atoms with E-state index in [0.717, 1.165) is 23.6 Å². The predicted octanol–water partition coefficient (Wildman–Crippen LogP) is 3.30.